The van der Waals surface area contributed by atoms with Gasteiger partial charge in [0.05, 0.1) is 18.1 Å². The lowest BCUT2D eigenvalue weighted by molar-refractivity contribution is 0.248. The number of aromatic nitrogens is 6. The third kappa shape index (κ3) is 4.94. The predicted octanol–water partition coefficient (Wildman–Crippen LogP) is 3.79. The molecule has 0 amide bonds. The van der Waals surface area contributed by atoms with Crippen molar-refractivity contribution in [1.82, 2.24) is 35.0 Å². The van der Waals surface area contributed by atoms with Gasteiger partial charge in [-0.15, -0.1) is 0 Å². The number of aromatic amines is 1. The zero-order chi connectivity index (χ0) is 25.2. The average molecular weight is 498 g/mol. The summed E-state index contributed by atoms with van der Waals surface area (Å²) in [5.41, 5.74) is 3.73. The fourth-order valence-corrected chi connectivity index (χ4v) is 4.53. The van der Waals surface area contributed by atoms with Crippen molar-refractivity contribution in [3.63, 3.8) is 0 Å². The zero-order valence-electron chi connectivity index (χ0n) is 20.7. The van der Waals surface area contributed by atoms with Gasteiger partial charge in [-0.05, 0) is 55.0 Å². The molecule has 1 aliphatic heterocycles. The summed E-state index contributed by atoms with van der Waals surface area (Å²) in [6.07, 6.45) is 3.64. The van der Waals surface area contributed by atoms with E-state index in [0.29, 0.717) is 17.7 Å². The van der Waals surface area contributed by atoms with E-state index in [1.807, 2.05) is 42.7 Å². The molecule has 1 saturated heterocycles. The number of hydrogen-bond donors (Lipinski definition) is 2. The van der Waals surface area contributed by atoms with E-state index in [-0.39, 0.29) is 0 Å². The van der Waals surface area contributed by atoms with Gasteiger partial charge in [-0.2, -0.15) is 4.98 Å². The molecule has 5 aromatic rings. The fourth-order valence-electron chi connectivity index (χ4n) is 4.53. The van der Waals surface area contributed by atoms with Crippen molar-refractivity contribution in [2.75, 3.05) is 43.5 Å². The molecule has 0 bridgehead atoms. The summed E-state index contributed by atoms with van der Waals surface area (Å²) in [4.78, 5) is 26.0. The van der Waals surface area contributed by atoms with E-state index in [0.717, 1.165) is 66.7 Å². The molecule has 1 aromatic carbocycles. The monoisotopic (exact) mass is 497 g/mol. The molecule has 11 nitrogen and oxygen atoms in total. The molecule has 1 fully saturated rings. The maximum atomic E-state index is 5.48. The molecule has 1 aliphatic rings. The van der Waals surface area contributed by atoms with Crippen molar-refractivity contribution in [2.24, 2.45) is 0 Å². The summed E-state index contributed by atoms with van der Waals surface area (Å²) in [6.45, 7) is 6.32. The van der Waals surface area contributed by atoms with Crippen LogP contribution in [0.3, 0.4) is 0 Å². The van der Waals surface area contributed by atoms with Crippen LogP contribution in [-0.4, -0.2) is 68.3 Å². The highest BCUT2D eigenvalue weighted by Gasteiger charge is 2.21. The van der Waals surface area contributed by atoms with Crippen LogP contribution >= 0.6 is 0 Å². The van der Waals surface area contributed by atoms with Gasteiger partial charge in [0, 0.05) is 50.7 Å². The van der Waals surface area contributed by atoms with Crippen LogP contribution < -0.4 is 15.0 Å². The van der Waals surface area contributed by atoms with Crippen LogP contribution in [-0.2, 0) is 6.54 Å². The Balaban J connectivity index is 1.10. The molecule has 5 heterocycles. The molecule has 0 radical (unpaired) electrons. The van der Waals surface area contributed by atoms with E-state index < -0.39 is 0 Å². The second kappa shape index (κ2) is 9.86. The maximum Gasteiger partial charge on any atom is 0.257 e. The summed E-state index contributed by atoms with van der Waals surface area (Å²) in [6, 6.07) is 13.8. The molecule has 11 heteroatoms. The summed E-state index contributed by atoms with van der Waals surface area (Å²) in [5, 5.41) is 7.16. The van der Waals surface area contributed by atoms with Gasteiger partial charge < -0.3 is 24.5 Å². The number of hydrogen-bond acceptors (Lipinski definition) is 10. The Labute approximate surface area is 213 Å². The minimum Gasteiger partial charge on any atom is -0.493 e. The third-order valence-electron chi connectivity index (χ3n) is 6.38. The van der Waals surface area contributed by atoms with Gasteiger partial charge in [0.1, 0.15) is 5.82 Å². The molecule has 0 aliphatic carbocycles. The molecular formula is C26H27N9O2. The second-order valence-electron chi connectivity index (χ2n) is 8.93. The summed E-state index contributed by atoms with van der Waals surface area (Å²) in [5.74, 6) is 4.16. The van der Waals surface area contributed by atoms with Crippen LogP contribution in [0.4, 0.5) is 17.6 Å². The number of nitrogens with zero attached hydrogens (tertiary/aromatic N) is 7. The first-order valence-corrected chi connectivity index (χ1v) is 12.1. The minimum atomic E-state index is 0.484. The lowest BCUT2D eigenvalue weighted by Crippen LogP contribution is -2.46. The van der Waals surface area contributed by atoms with Crippen LogP contribution in [0.25, 0.3) is 22.5 Å². The Kier molecular flexibility index (Phi) is 6.11. The number of ether oxygens (including phenoxy) is 1. The zero-order valence-corrected chi connectivity index (χ0v) is 20.7. The van der Waals surface area contributed by atoms with Crippen LogP contribution in [0.5, 0.6) is 5.75 Å². The largest absolute Gasteiger partial charge is 0.493 e. The van der Waals surface area contributed by atoms with Crippen molar-refractivity contribution in [2.45, 2.75) is 13.5 Å². The Morgan fingerprint density at radius 1 is 1.03 bits per heavy atom. The first kappa shape index (κ1) is 22.9. The molecule has 6 rings (SSSR count). The fraction of sp³-hybridized carbons (Fsp3) is 0.269. The highest BCUT2D eigenvalue weighted by Crippen LogP contribution is 2.27. The summed E-state index contributed by atoms with van der Waals surface area (Å²) in [7, 11) is 1.69. The van der Waals surface area contributed by atoms with Crippen molar-refractivity contribution in [3.8, 4) is 17.2 Å². The Morgan fingerprint density at radius 3 is 2.73 bits per heavy atom. The maximum absolute atomic E-state index is 5.48. The number of benzene rings is 1. The summed E-state index contributed by atoms with van der Waals surface area (Å²) >= 11 is 0. The first-order valence-electron chi connectivity index (χ1n) is 12.1. The van der Waals surface area contributed by atoms with Gasteiger partial charge in [0.15, 0.2) is 17.4 Å². The number of piperazine rings is 1. The van der Waals surface area contributed by atoms with Gasteiger partial charge in [-0.25, -0.2) is 15.0 Å². The van der Waals surface area contributed by atoms with E-state index in [4.69, 9.17) is 9.26 Å². The smallest absolute Gasteiger partial charge is 0.257 e. The van der Waals surface area contributed by atoms with Crippen LogP contribution in [0.15, 0.2) is 59.4 Å². The Bertz CT molecular complexity index is 1520. The quantitative estimate of drug-likeness (QED) is 0.343. The predicted molar refractivity (Wildman–Crippen MR) is 140 cm³/mol. The van der Waals surface area contributed by atoms with Crippen molar-refractivity contribution in [1.29, 1.82) is 0 Å². The number of H-pyrrole nitrogens is 1. The van der Waals surface area contributed by atoms with Gasteiger partial charge in [-0.1, -0.05) is 5.16 Å². The molecule has 37 heavy (non-hydrogen) atoms. The molecule has 4 aromatic heterocycles. The van der Waals surface area contributed by atoms with E-state index in [9.17, 15) is 0 Å². The molecule has 0 saturated carbocycles. The molecule has 0 spiro atoms. The lowest BCUT2D eigenvalue weighted by atomic mass is 10.2. The number of aryl methyl sites for hydroxylation is 1. The molecule has 188 valence electrons. The number of fused-ring (bicyclic) bond motifs is 1. The van der Waals surface area contributed by atoms with Crippen LogP contribution in [0.2, 0.25) is 0 Å². The third-order valence-corrected chi connectivity index (χ3v) is 6.38. The van der Waals surface area contributed by atoms with Crippen molar-refractivity contribution in [3.05, 3.63) is 66.2 Å². The number of pyridine rings is 2. The number of imidazole rings is 1. The van der Waals surface area contributed by atoms with Gasteiger partial charge >= 0.3 is 0 Å². The average Bonchev–Trinajstić information content (AvgIpc) is 3.54. The number of anilines is 3. The molecule has 2 N–H and O–H groups in total. The van der Waals surface area contributed by atoms with E-state index >= 15 is 0 Å². The van der Waals surface area contributed by atoms with Crippen molar-refractivity contribution >= 4 is 28.6 Å². The lowest BCUT2D eigenvalue weighted by Gasteiger charge is -2.35. The van der Waals surface area contributed by atoms with Gasteiger partial charge in [-0.3, -0.25) is 4.90 Å². The van der Waals surface area contributed by atoms with E-state index in [2.05, 4.69) is 57.3 Å². The number of methoxy groups -OCH3 is 1. The van der Waals surface area contributed by atoms with E-state index in [1.165, 1.54) is 5.56 Å². The highest BCUT2D eigenvalue weighted by atomic mass is 16.5. The normalized spacial score (nSPS) is 14.3. The molecular weight excluding hydrogens is 470 g/mol. The van der Waals surface area contributed by atoms with Gasteiger partial charge in [0.2, 0.25) is 5.95 Å². The second-order valence-corrected chi connectivity index (χ2v) is 8.93. The Morgan fingerprint density at radius 2 is 1.92 bits per heavy atom. The highest BCUT2D eigenvalue weighted by molar-refractivity contribution is 5.82. The SMILES string of the molecule is COc1cccnc1N1CCN(Cc2ccnc(Nc3nc4ccc(-c5nc(C)no5)cc4[nH]3)c2)CC1. The summed E-state index contributed by atoms with van der Waals surface area (Å²) < 4.78 is 10.8. The first-order chi connectivity index (χ1) is 18.1. The van der Waals surface area contributed by atoms with Crippen LogP contribution in [0, 0.1) is 6.92 Å². The topological polar surface area (TPSA) is 121 Å². The number of nitrogens with one attached hydrogen (secondary N) is 2. The standard InChI is InChI=1S/C26H27N9O2/c1-17-29-25(37-33-17)19-5-6-20-21(15-19)31-26(30-20)32-23-14-18(7-9-27-23)16-34-10-12-35(13-11-34)24-22(36-2)4-3-8-28-24/h3-9,14-15H,10-13,16H2,1-2H3,(H2,27,30,31,32). The van der Waals surface area contributed by atoms with E-state index in [1.54, 1.807) is 14.0 Å². The Hall–Kier alpha value is -4.51. The van der Waals surface area contributed by atoms with Crippen LogP contribution in [0.1, 0.15) is 11.4 Å². The molecule has 0 atom stereocenters. The van der Waals surface area contributed by atoms with Gasteiger partial charge in [0.25, 0.3) is 5.89 Å². The number of rotatable bonds is 7. The molecule has 0 unspecified atom stereocenters. The van der Waals surface area contributed by atoms with Crippen molar-refractivity contribution < 1.29 is 9.26 Å². The minimum absolute atomic E-state index is 0.484.